The molecular formula is C15H18N4O3S. The lowest BCUT2D eigenvalue weighted by Crippen LogP contribution is -2.36. The molecule has 122 valence electrons. The van der Waals surface area contributed by atoms with E-state index < -0.39 is 0 Å². The van der Waals surface area contributed by atoms with Gasteiger partial charge in [0.2, 0.25) is 11.8 Å². The van der Waals surface area contributed by atoms with E-state index in [-0.39, 0.29) is 17.1 Å². The zero-order valence-electron chi connectivity index (χ0n) is 13.1. The number of thioether (sulfide) groups is 1. The number of benzene rings is 1. The fraction of sp³-hybridized carbons (Fsp3) is 0.267. The Morgan fingerprint density at radius 2 is 1.91 bits per heavy atom. The largest absolute Gasteiger partial charge is 0.497 e. The summed E-state index contributed by atoms with van der Waals surface area (Å²) < 4.78 is 10.1. The third-order valence-corrected chi connectivity index (χ3v) is 3.99. The molecule has 1 aromatic heterocycles. The maximum atomic E-state index is 12.1. The molecule has 1 aromatic carbocycles. The first-order valence-electron chi connectivity index (χ1n) is 6.86. The van der Waals surface area contributed by atoms with Gasteiger partial charge in [-0.3, -0.25) is 15.6 Å². The molecule has 1 unspecified atom stereocenters. The Morgan fingerprint density at radius 1 is 1.17 bits per heavy atom. The normalized spacial score (nSPS) is 11.4. The molecule has 7 nitrogen and oxygen atoms in total. The molecule has 0 spiro atoms. The van der Waals surface area contributed by atoms with Gasteiger partial charge in [-0.15, -0.1) is 11.8 Å². The van der Waals surface area contributed by atoms with Crippen molar-refractivity contribution in [3.05, 3.63) is 36.5 Å². The monoisotopic (exact) mass is 334 g/mol. The van der Waals surface area contributed by atoms with Crippen LogP contribution < -0.4 is 20.3 Å². The van der Waals surface area contributed by atoms with Gasteiger partial charge in [-0.2, -0.15) is 4.98 Å². The predicted octanol–water partition coefficient (Wildman–Crippen LogP) is 2.12. The van der Waals surface area contributed by atoms with Gasteiger partial charge in [0.1, 0.15) is 5.75 Å². The quantitative estimate of drug-likeness (QED) is 0.592. The topological polar surface area (TPSA) is 85.4 Å². The third-order valence-electron chi connectivity index (χ3n) is 2.88. The molecule has 23 heavy (non-hydrogen) atoms. The van der Waals surface area contributed by atoms with Gasteiger partial charge in [-0.25, -0.2) is 4.98 Å². The molecule has 0 radical (unpaired) electrons. The summed E-state index contributed by atoms with van der Waals surface area (Å²) in [7, 11) is 3.13. The van der Waals surface area contributed by atoms with Crippen molar-refractivity contribution in [2.45, 2.75) is 17.1 Å². The second-order valence-corrected chi connectivity index (χ2v) is 5.89. The molecule has 0 aliphatic carbocycles. The van der Waals surface area contributed by atoms with Gasteiger partial charge in [0.05, 0.1) is 19.5 Å². The van der Waals surface area contributed by atoms with Crippen molar-refractivity contribution in [1.82, 2.24) is 15.4 Å². The summed E-state index contributed by atoms with van der Waals surface area (Å²) in [6.07, 6.45) is 1.54. The maximum absolute atomic E-state index is 12.1. The molecule has 1 heterocycles. The van der Waals surface area contributed by atoms with Crippen LogP contribution in [0.5, 0.6) is 11.6 Å². The minimum Gasteiger partial charge on any atom is -0.497 e. The number of hydrazine groups is 1. The van der Waals surface area contributed by atoms with Crippen LogP contribution in [-0.4, -0.2) is 35.3 Å². The summed E-state index contributed by atoms with van der Waals surface area (Å²) >= 11 is 1.44. The number of methoxy groups -OCH3 is 2. The molecule has 0 fully saturated rings. The molecule has 0 saturated carbocycles. The van der Waals surface area contributed by atoms with Gasteiger partial charge in [-0.1, -0.05) is 0 Å². The van der Waals surface area contributed by atoms with E-state index in [1.54, 1.807) is 13.2 Å². The van der Waals surface area contributed by atoms with E-state index in [0.29, 0.717) is 5.88 Å². The van der Waals surface area contributed by atoms with E-state index in [1.165, 1.54) is 25.1 Å². The highest BCUT2D eigenvalue weighted by Crippen LogP contribution is 2.25. The minimum atomic E-state index is -0.290. The molecule has 1 amide bonds. The second-order valence-electron chi connectivity index (χ2n) is 4.47. The molecule has 2 rings (SSSR count). The van der Waals surface area contributed by atoms with Gasteiger partial charge in [0.25, 0.3) is 5.91 Å². The lowest BCUT2D eigenvalue weighted by Gasteiger charge is -2.13. The van der Waals surface area contributed by atoms with Crippen LogP contribution in [0.25, 0.3) is 0 Å². The van der Waals surface area contributed by atoms with Crippen molar-refractivity contribution in [2.24, 2.45) is 0 Å². The highest BCUT2D eigenvalue weighted by atomic mass is 32.2. The number of anilines is 1. The third kappa shape index (κ3) is 5.03. The van der Waals surface area contributed by atoms with Crippen LogP contribution in [-0.2, 0) is 4.79 Å². The van der Waals surface area contributed by atoms with Crippen molar-refractivity contribution in [3.63, 3.8) is 0 Å². The fourth-order valence-corrected chi connectivity index (χ4v) is 2.51. The molecule has 0 aliphatic heterocycles. The van der Waals surface area contributed by atoms with E-state index in [9.17, 15) is 4.79 Å². The molecule has 2 aromatic rings. The lowest BCUT2D eigenvalue weighted by atomic mass is 10.3. The van der Waals surface area contributed by atoms with Gasteiger partial charge in [0.15, 0.2) is 0 Å². The number of nitrogens with one attached hydrogen (secondary N) is 2. The molecule has 0 aliphatic rings. The first kappa shape index (κ1) is 16.9. The maximum Gasteiger partial charge on any atom is 0.251 e. The summed E-state index contributed by atoms with van der Waals surface area (Å²) in [4.78, 5) is 21.1. The summed E-state index contributed by atoms with van der Waals surface area (Å²) in [6.45, 7) is 1.82. The highest BCUT2D eigenvalue weighted by molar-refractivity contribution is 8.00. The predicted molar refractivity (Wildman–Crippen MR) is 88.7 cm³/mol. The zero-order valence-corrected chi connectivity index (χ0v) is 13.9. The van der Waals surface area contributed by atoms with Crippen molar-refractivity contribution in [1.29, 1.82) is 0 Å². The fourth-order valence-electron chi connectivity index (χ4n) is 1.65. The van der Waals surface area contributed by atoms with Crippen LogP contribution in [0.1, 0.15) is 6.92 Å². The number of carbonyl (C=O) groups excluding carboxylic acids is 1. The number of rotatable bonds is 7. The molecule has 8 heteroatoms. The van der Waals surface area contributed by atoms with E-state index in [4.69, 9.17) is 9.47 Å². The number of nitrogens with zero attached hydrogens (tertiary/aromatic N) is 2. The summed E-state index contributed by atoms with van der Waals surface area (Å²) in [5.41, 5.74) is 5.25. The Hall–Kier alpha value is -2.48. The van der Waals surface area contributed by atoms with E-state index >= 15 is 0 Å². The standard InChI is InChI=1S/C15H18N4O3S/c1-10(23-12-6-4-11(21-2)5-7-12)14(20)18-19-15-16-9-8-13(17-15)22-3/h4-10H,1-3H3,(H,18,20)(H,16,17,19). The first-order chi connectivity index (χ1) is 11.1. The van der Waals surface area contributed by atoms with Crippen LogP contribution in [0.4, 0.5) is 5.95 Å². The number of amides is 1. The van der Waals surface area contributed by atoms with Gasteiger partial charge < -0.3 is 9.47 Å². The zero-order chi connectivity index (χ0) is 16.7. The average molecular weight is 334 g/mol. The molecule has 1 atom stereocenters. The van der Waals surface area contributed by atoms with Gasteiger partial charge in [0, 0.05) is 17.2 Å². The second kappa shape index (κ2) is 8.23. The van der Waals surface area contributed by atoms with E-state index in [2.05, 4.69) is 20.8 Å². The highest BCUT2D eigenvalue weighted by Gasteiger charge is 2.14. The van der Waals surface area contributed by atoms with E-state index in [1.807, 2.05) is 31.2 Å². The number of carbonyl (C=O) groups is 1. The number of ether oxygens (including phenoxy) is 2. The van der Waals surface area contributed by atoms with Crippen LogP contribution in [0.3, 0.4) is 0 Å². The molecular weight excluding hydrogens is 316 g/mol. The van der Waals surface area contributed by atoms with Gasteiger partial charge >= 0.3 is 0 Å². The summed E-state index contributed by atoms with van der Waals surface area (Å²) in [5, 5.41) is -0.290. The Kier molecular flexibility index (Phi) is 6.04. The van der Waals surface area contributed by atoms with E-state index in [0.717, 1.165) is 10.6 Å². The lowest BCUT2D eigenvalue weighted by molar-refractivity contribution is -0.119. The SMILES string of the molecule is COc1ccc(SC(C)C(=O)NNc2nccc(OC)n2)cc1. The minimum absolute atomic E-state index is 0.183. The van der Waals surface area contributed by atoms with Crippen molar-refractivity contribution in [3.8, 4) is 11.6 Å². The average Bonchev–Trinajstić information content (AvgIpc) is 2.60. The van der Waals surface area contributed by atoms with Crippen LogP contribution >= 0.6 is 11.8 Å². The number of hydrogen-bond acceptors (Lipinski definition) is 7. The Labute approximate surface area is 138 Å². The van der Waals surface area contributed by atoms with Crippen LogP contribution in [0.2, 0.25) is 0 Å². The van der Waals surface area contributed by atoms with Gasteiger partial charge in [-0.05, 0) is 31.2 Å². The molecule has 2 N–H and O–H groups in total. The van der Waals surface area contributed by atoms with Crippen LogP contribution in [0, 0.1) is 0 Å². The number of hydrogen-bond donors (Lipinski definition) is 2. The molecule has 0 bridgehead atoms. The van der Waals surface area contributed by atoms with Crippen molar-refractivity contribution < 1.29 is 14.3 Å². The number of aromatic nitrogens is 2. The smallest absolute Gasteiger partial charge is 0.251 e. The summed E-state index contributed by atoms with van der Waals surface area (Å²) in [5.74, 6) is 1.28. The van der Waals surface area contributed by atoms with Crippen molar-refractivity contribution in [2.75, 3.05) is 19.6 Å². The van der Waals surface area contributed by atoms with Crippen LogP contribution in [0.15, 0.2) is 41.4 Å². The van der Waals surface area contributed by atoms with Crippen molar-refractivity contribution >= 4 is 23.6 Å². The first-order valence-corrected chi connectivity index (χ1v) is 7.74. The Bertz CT molecular complexity index is 651. The molecule has 0 saturated heterocycles. The summed E-state index contributed by atoms with van der Waals surface area (Å²) in [6, 6.07) is 9.15. The Balaban J connectivity index is 1.86. The Morgan fingerprint density at radius 3 is 2.57 bits per heavy atom.